The molecular formula is C21H22F4O2. The van der Waals surface area contributed by atoms with Gasteiger partial charge in [-0.1, -0.05) is 12.1 Å². The molecule has 0 bridgehead atoms. The van der Waals surface area contributed by atoms with Gasteiger partial charge in [-0.2, -0.15) is 4.39 Å². The van der Waals surface area contributed by atoms with Crippen molar-refractivity contribution in [2.24, 2.45) is 0 Å². The van der Waals surface area contributed by atoms with E-state index in [9.17, 15) is 17.6 Å². The summed E-state index contributed by atoms with van der Waals surface area (Å²) in [6.07, 6.45) is 3.10. The number of rotatable bonds is 5. The molecule has 2 nitrogen and oxygen atoms in total. The molecule has 2 aromatic rings. The average molecular weight is 382 g/mol. The summed E-state index contributed by atoms with van der Waals surface area (Å²) in [5, 5.41) is 0. The van der Waals surface area contributed by atoms with Gasteiger partial charge in [-0.3, -0.25) is 0 Å². The lowest BCUT2D eigenvalue weighted by Crippen LogP contribution is -2.20. The van der Waals surface area contributed by atoms with Crippen LogP contribution in [-0.4, -0.2) is 19.8 Å². The number of hydrogen-bond donors (Lipinski definition) is 0. The zero-order chi connectivity index (χ0) is 19.6. The number of benzene rings is 2. The molecule has 1 saturated carbocycles. The SMILES string of the molecule is CCOc1ccc(-c2ccc(C3CCC(OC)CC3)c(F)c2F)c(F)c1F. The van der Waals surface area contributed by atoms with Crippen LogP contribution in [0.15, 0.2) is 24.3 Å². The number of methoxy groups -OCH3 is 1. The first kappa shape index (κ1) is 19.7. The fraction of sp³-hybridized carbons (Fsp3) is 0.429. The van der Waals surface area contributed by atoms with Gasteiger partial charge in [-0.25, -0.2) is 13.2 Å². The molecule has 0 atom stereocenters. The average Bonchev–Trinajstić information content (AvgIpc) is 2.68. The lowest BCUT2D eigenvalue weighted by molar-refractivity contribution is 0.0655. The Morgan fingerprint density at radius 1 is 0.815 bits per heavy atom. The van der Waals surface area contributed by atoms with Gasteiger partial charge in [0.25, 0.3) is 0 Å². The van der Waals surface area contributed by atoms with Crippen LogP contribution in [-0.2, 0) is 4.74 Å². The molecule has 146 valence electrons. The van der Waals surface area contributed by atoms with E-state index >= 15 is 0 Å². The third-order valence-electron chi connectivity index (χ3n) is 5.20. The molecule has 1 aliphatic carbocycles. The Bertz CT molecular complexity index is 814. The standard InChI is InChI=1S/C21H22F4O2/c1-3-27-17-11-10-16(20(24)21(17)25)15-9-8-14(18(22)19(15)23)12-4-6-13(26-2)7-5-12/h8-13H,3-7H2,1-2H3. The van der Waals surface area contributed by atoms with Crippen LogP contribution >= 0.6 is 0 Å². The van der Waals surface area contributed by atoms with Gasteiger partial charge in [0.1, 0.15) is 0 Å². The Morgan fingerprint density at radius 3 is 2.00 bits per heavy atom. The minimum Gasteiger partial charge on any atom is -0.491 e. The van der Waals surface area contributed by atoms with Gasteiger partial charge in [0.15, 0.2) is 23.2 Å². The maximum Gasteiger partial charge on any atom is 0.201 e. The summed E-state index contributed by atoms with van der Waals surface area (Å²) in [5.41, 5.74) is -0.360. The summed E-state index contributed by atoms with van der Waals surface area (Å²) in [4.78, 5) is 0. The first-order valence-corrected chi connectivity index (χ1v) is 9.09. The first-order valence-electron chi connectivity index (χ1n) is 9.09. The predicted octanol–water partition coefficient (Wildman–Crippen LogP) is 5.98. The van der Waals surface area contributed by atoms with Crippen molar-refractivity contribution in [3.63, 3.8) is 0 Å². The maximum absolute atomic E-state index is 14.7. The molecule has 0 amide bonds. The van der Waals surface area contributed by atoms with E-state index in [1.165, 1.54) is 24.3 Å². The van der Waals surface area contributed by atoms with Crippen LogP contribution in [0.25, 0.3) is 11.1 Å². The van der Waals surface area contributed by atoms with Crippen molar-refractivity contribution in [1.29, 1.82) is 0 Å². The molecule has 27 heavy (non-hydrogen) atoms. The molecule has 0 aliphatic heterocycles. The quantitative estimate of drug-likeness (QED) is 0.592. The van der Waals surface area contributed by atoms with Gasteiger partial charge >= 0.3 is 0 Å². The fourth-order valence-corrected chi connectivity index (χ4v) is 3.70. The Labute approximate surface area is 156 Å². The molecule has 2 aromatic carbocycles. The predicted molar refractivity (Wildman–Crippen MR) is 94.9 cm³/mol. The molecule has 0 saturated heterocycles. The molecule has 0 radical (unpaired) electrons. The topological polar surface area (TPSA) is 18.5 Å². The third kappa shape index (κ3) is 3.81. The summed E-state index contributed by atoms with van der Waals surface area (Å²) in [6.45, 7) is 1.80. The Kier molecular flexibility index (Phi) is 6.05. The minimum atomic E-state index is -1.26. The molecule has 0 unspecified atom stereocenters. The highest BCUT2D eigenvalue weighted by Gasteiger charge is 2.27. The zero-order valence-corrected chi connectivity index (χ0v) is 15.3. The van der Waals surface area contributed by atoms with Crippen molar-refractivity contribution in [2.75, 3.05) is 13.7 Å². The molecule has 1 fully saturated rings. The fourth-order valence-electron chi connectivity index (χ4n) is 3.70. The molecule has 3 rings (SSSR count). The highest BCUT2D eigenvalue weighted by Crippen LogP contribution is 2.38. The molecule has 0 heterocycles. The van der Waals surface area contributed by atoms with Crippen LogP contribution in [0.3, 0.4) is 0 Å². The molecule has 0 aromatic heterocycles. The van der Waals surface area contributed by atoms with Crippen molar-refractivity contribution in [3.05, 3.63) is 53.1 Å². The highest BCUT2D eigenvalue weighted by atomic mass is 19.2. The van der Waals surface area contributed by atoms with E-state index < -0.39 is 23.3 Å². The molecule has 0 spiro atoms. The van der Waals surface area contributed by atoms with E-state index in [4.69, 9.17) is 9.47 Å². The first-order chi connectivity index (χ1) is 13.0. The van der Waals surface area contributed by atoms with E-state index in [-0.39, 0.29) is 41.1 Å². The van der Waals surface area contributed by atoms with E-state index in [1.54, 1.807) is 14.0 Å². The van der Waals surface area contributed by atoms with E-state index in [0.717, 1.165) is 12.8 Å². The molecule has 6 heteroatoms. The van der Waals surface area contributed by atoms with E-state index in [1.807, 2.05) is 0 Å². The lowest BCUT2D eigenvalue weighted by atomic mass is 9.82. The summed E-state index contributed by atoms with van der Waals surface area (Å²) in [5.74, 6) is -5.00. The summed E-state index contributed by atoms with van der Waals surface area (Å²) >= 11 is 0. The zero-order valence-electron chi connectivity index (χ0n) is 15.3. The van der Waals surface area contributed by atoms with Crippen LogP contribution in [0.1, 0.15) is 44.1 Å². The summed E-state index contributed by atoms with van der Waals surface area (Å²) in [6, 6.07) is 5.20. The second-order valence-corrected chi connectivity index (χ2v) is 6.71. The number of ether oxygens (including phenoxy) is 2. The van der Waals surface area contributed by atoms with Crippen molar-refractivity contribution < 1.29 is 27.0 Å². The Hall–Kier alpha value is -2.08. The minimum absolute atomic E-state index is 0.109. The van der Waals surface area contributed by atoms with Crippen molar-refractivity contribution in [1.82, 2.24) is 0 Å². The van der Waals surface area contributed by atoms with Crippen LogP contribution in [0.2, 0.25) is 0 Å². The van der Waals surface area contributed by atoms with Crippen LogP contribution in [0.4, 0.5) is 17.6 Å². The molecule has 1 aliphatic rings. The number of hydrogen-bond acceptors (Lipinski definition) is 2. The van der Waals surface area contributed by atoms with Gasteiger partial charge < -0.3 is 9.47 Å². The second-order valence-electron chi connectivity index (χ2n) is 6.71. The number of halogens is 4. The largest absolute Gasteiger partial charge is 0.491 e. The smallest absolute Gasteiger partial charge is 0.201 e. The van der Waals surface area contributed by atoms with Crippen molar-refractivity contribution in [3.8, 4) is 16.9 Å². The van der Waals surface area contributed by atoms with E-state index in [2.05, 4.69) is 0 Å². The van der Waals surface area contributed by atoms with Crippen LogP contribution < -0.4 is 4.74 Å². The monoisotopic (exact) mass is 382 g/mol. The van der Waals surface area contributed by atoms with Gasteiger partial charge in [-0.05, 0) is 56.2 Å². The molecular weight excluding hydrogens is 360 g/mol. The van der Waals surface area contributed by atoms with Crippen molar-refractivity contribution >= 4 is 0 Å². The lowest BCUT2D eigenvalue weighted by Gasteiger charge is -2.28. The summed E-state index contributed by atoms with van der Waals surface area (Å²) < 4.78 is 68.1. The highest BCUT2D eigenvalue weighted by molar-refractivity contribution is 5.66. The Morgan fingerprint density at radius 2 is 1.41 bits per heavy atom. The van der Waals surface area contributed by atoms with Gasteiger partial charge in [0.2, 0.25) is 5.82 Å². The van der Waals surface area contributed by atoms with Gasteiger partial charge in [0, 0.05) is 18.2 Å². The van der Waals surface area contributed by atoms with Crippen molar-refractivity contribution in [2.45, 2.75) is 44.6 Å². The summed E-state index contributed by atoms with van der Waals surface area (Å²) in [7, 11) is 1.64. The van der Waals surface area contributed by atoms with Gasteiger partial charge in [0.05, 0.1) is 12.7 Å². The van der Waals surface area contributed by atoms with Crippen LogP contribution in [0.5, 0.6) is 5.75 Å². The maximum atomic E-state index is 14.7. The second kappa shape index (κ2) is 8.30. The molecule has 0 N–H and O–H groups in total. The van der Waals surface area contributed by atoms with Crippen LogP contribution in [0, 0.1) is 23.3 Å². The third-order valence-corrected chi connectivity index (χ3v) is 5.20. The normalized spacial score (nSPS) is 19.9. The van der Waals surface area contributed by atoms with Gasteiger partial charge in [-0.15, -0.1) is 0 Å². The van der Waals surface area contributed by atoms with E-state index in [0.29, 0.717) is 12.8 Å². The Balaban J connectivity index is 1.93.